The SMILES string of the molecule is CCc1cc(=O)oc2cc(OC(=O)Cc3ccc(Cl)c(Cl)c3)ccc12. The molecule has 3 aromatic rings. The van der Waals surface area contributed by atoms with Crippen LogP contribution in [0.2, 0.25) is 10.0 Å². The summed E-state index contributed by atoms with van der Waals surface area (Å²) in [6, 6.07) is 11.4. The van der Waals surface area contributed by atoms with Gasteiger partial charge in [-0.15, -0.1) is 0 Å². The Morgan fingerprint density at radius 3 is 2.60 bits per heavy atom. The summed E-state index contributed by atoms with van der Waals surface area (Å²) in [4.78, 5) is 23.7. The monoisotopic (exact) mass is 376 g/mol. The molecule has 0 amide bonds. The highest BCUT2D eigenvalue weighted by atomic mass is 35.5. The Morgan fingerprint density at radius 1 is 1.08 bits per heavy atom. The first kappa shape index (κ1) is 17.5. The van der Waals surface area contributed by atoms with Crippen molar-refractivity contribution in [2.24, 2.45) is 0 Å². The first-order valence-electron chi connectivity index (χ1n) is 7.67. The van der Waals surface area contributed by atoms with Gasteiger partial charge in [-0.25, -0.2) is 4.79 Å². The molecule has 25 heavy (non-hydrogen) atoms. The number of rotatable bonds is 4. The van der Waals surface area contributed by atoms with Gasteiger partial charge in [0.15, 0.2) is 0 Å². The van der Waals surface area contributed by atoms with Crippen LogP contribution in [-0.4, -0.2) is 5.97 Å². The van der Waals surface area contributed by atoms with E-state index in [9.17, 15) is 9.59 Å². The minimum Gasteiger partial charge on any atom is -0.426 e. The highest BCUT2D eigenvalue weighted by Gasteiger charge is 2.11. The first-order chi connectivity index (χ1) is 12.0. The van der Waals surface area contributed by atoms with Crippen molar-refractivity contribution in [1.82, 2.24) is 0 Å². The van der Waals surface area contributed by atoms with Crippen LogP contribution in [-0.2, 0) is 17.6 Å². The summed E-state index contributed by atoms with van der Waals surface area (Å²) in [6.45, 7) is 1.96. The molecule has 0 spiro atoms. The van der Waals surface area contributed by atoms with E-state index in [2.05, 4.69) is 0 Å². The van der Waals surface area contributed by atoms with Crippen LogP contribution in [0.4, 0.5) is 0 Å². The molecule has 1 aromatic heterocycles. The van der Waals surface area contributed by atoms with Gasteiger partial charge in [-0.1, -0.05) is 36.2 Å². The van der Waals surface area contributed by atoms with Crippen molar-refractivity contribution in [1.29, 1.82) is 0 Å². The fourth-order valence-electron chi connectivity index (χ4n) is 2.55. The Balaban J connectivity index is 1.81. The molecule has 0 unspecified atom stereocenters. The molecule has 0 saturated heterocycles. The molecule has 3 rings (SSSR count). The first-order valence-corrected chi connectivity index (χ1v) is 8.43. The van der Waals surface area contributed by atoms with E-state index in [1.165, 1.54) is 6.07 Å². The molecule has 0 aliphatic rings. The van der Waals surface area contributed by atoms with E-state index in [0.29, 0.717) is 33.4 Å². The Labute approximate surface area is 153 Å². The van der Waals surface area contributed by atoms with Crippen molar-refractivity contribution in [2.45, 2.75) is 19.8 Å². The molecule has 6 heteroatoms. The summed E-state index contributed by atoms with van der Waals surface area (Å²) in [5.74, 6) is -0.138. The van der Waals surface area contributed by atoms with Crippen molar-refractivity contribution < 1.29 is 13.9 Å². The Kier molecular flexibility index (Phi) is 5.11. The van der Waals surface area contributed by atoms with E-state index >= 15 is 0 Å². The zero-order chi connectivity index (χ0) is 18.0. The van der Waals surface area contributed by atoms with Crippen LogP contribution in [0, 0.1) is 0 Å². The molecule has 128 valence electrons. The molecule has 0 radical (unpaired) electrons. The van der Waals surface area contributed by atoms with Crippen molar-refractivity contribution in [3.63, 3.8) is 0 Å². The van der Waals surface area contributed by atoms with E-state index in [4.69, 9.17) is 32.4 Å². The summed E-state index contributed by atoms with van der Waals surface area (Å²) in [6.07, 6.45) is 0.756. The Morgan fingerprint density at radius 2 is 1.88 bits per heavy atom. The van der Waals surface area contributed by atoms with Crippen molar-refractivity contribution in [2.75, 3.05) is 0 Å². The highest BCUT2D eigenvalue weighted by Crippen LogP contribution is 2.25. The molecule has 0 aliphatic carbocycles. The number of fused-ring (bicyclic) bond motifs is 1. The van der Waals surface area contributed by atoms with Crippen LogP contribution < -0.4 is 10.4 Å². The second-order valence-electron chi connectivity index (χ2n) is 5.50. The summed E-state index contributed by atoms with van der Waals surface area (Å²) in [5, 5.41) is 1.63. The van der Waals surface area contributed by atoms with Crippen molar-refractivity contribution in [3.05, 3.63) is 74.1 Å². The molecule has 0 bridgehead atoms. The van der Waals surface area contributed by atoms with Gasteiger partial charge >= 0.3 is 11.6 Å². The molecule has 0 N–H and O–H groups in total. The van der Waals surface area contributed by atoms with Crippen LogP contribution in [0.5, 0.6) is 5.75 Å². The maximum Gasteiger partial charge on any atom is 0.336 e. The average Bonchev–Trinajstić information content (AvgIpc) is 2.57. The maximum absolute atomic E-state index is 12.1. The molecule has 1 heterocycles. The zero-order valence-corrected chi connectivity index (χ0v) is 14.9. The van der Waals surface area contributed by atoms with Crippen LogP contribution in [0.25, 0.3) is 11.0 Å². The van der Waals surface area contributed by atoms with Crippen LogP contribution in [0.1, 0.15) is 18.1 Å². The molecule has 4 nitrogen and oxygen atoms in total. The van der Waals surface area contributed by atoms with E-state index in [0.717, 1.165) is 10.9 Å². The average molecular weight is 377 g/mol. The zero-order valence-electron chi connectivity index (χ0n) is 13.3. The third kappa shape index (κ3) is 4.03. The summed E-state index contributed by atoms with van der Waals surface area (Å²) >= 11 is 11.8. The van der Waals surface area contributed by atoms with Crippen LogP contribution in [0.15, 0.2) is 51.7 Å². The van der Waals surface area contributed by atoms with Gasteiger partial charge in [-0.2, -0.15) is 0 Å². The van der Waals surface area contributed by atoms with Gasteiger partial charge in [-0.3, -0.25) is 4.79 Å². The van der Waals surface area contributed by atoms with Gasteiger partial charge in [-0.05, 0) is 41.8 Å². The number of benzene rings is 2. The fourth-order valence-corrected chi connectivity index (χ4v) is 2.87. The largest absolute Gasteiger partial charge is 0.426 e. The lowest BCUT2D eigenvalue weighted by atomic mass is 10.1. The number of aryl methyl sites for hydroxylation is 1. The summed E-state index contributed by atoms with van der Waals surface area (Å²) in [7, 11) is 0. The van der Waals surface area contributed by atoms with Gasteiger partial charge in [0.05, 0.1) is 16.5 Å². The predicted octanol–water partition coefficient (Wildman–Crippen LogP) is 4.81. The maximum atomic E-state index is 12.1. The molecule has 0 saturated carbocycles. The molecule has 2 aromatic carbocycles. The lowest BCUT2D eigenvalue weighted by molar-refractivity contribution is -0.133. The second kappa shape index (κ2) is 7.30. The van der Waals surface area contributed by atoms with E-state index in [1.807, 2.05) is 6.92 Å². The van der Waals surface area contributed by atoms with Crippen LogP contribution >= 0.6 is 23.2 Å². The third-order valence-electron chi connectivity index (χ3n) is 3.75. The van der Waals surface area contributed by atoms with Gasteiger partial charge in [0.1, 0.15) is 11.3 Å². The van der Waals surface area contributed by atoms with E-state index < -0.39 is 11.6 Å². The van der Waals surface area contributed by atoms with Crippen molar-refractivity contribution in [3.8, 4) is 5.75 Å². The topological polar surface area (TPSA) is 56.5 Å². The highest BCUT2D eigenvalue weighted by molar-refractivity contribution is 6.42. The van der Waals surface area contributed by atoms with Crippen LogP contribution in [0.3, 0.4) is 0 Å². The smallest absolute Gasteiger partial charge is 0.336 e. The Hall–Kier alpha value is -2.30. The normalized spacial score (nSPS) is 10.8. The number of carbonyl (C=O) groups excluding carboxylic acids is 1. The van der Waals surface area contributed by atoms with E-state index in [1.54, 1.807) is 36.4 Å². The summed E-state index contributed by atoms with van der Waals surface area (Å²) in [5.41, 5.74) is 1.55. The number of esters is 1. The molecule has 0 fully saturated rings. The third-order valence-corrected chi connectivity index (χ3v) is 4.49. The van der Waals surface area contributed by atoms with Gasteiger partial charge < -0.3 is 9.15 Å². The lowest BCUT2D eigenvalue weighted by Gasteiger charge is -2.07. The molecule has 0 aliphatic heterocycles. The number of ether oxygens (including phenoxy) is 1. The number of hydrogen-bond donors (Lipinski definition) is 0. The molecule has 0 atom stereocenters. The van der Waals surface area contributed by atoms with Gasteiger partial charge in [0.2, 0.25) is 0 Å². The Bertz CT molecular complexity index is 1010. The minimum absolute atomic E-state index is 0.0495. The van der Waals surface area contributed by atoms with Gasteiger partial charge in [0.25, 0.3) is 0 Å². The quantitative estimate of drug-likeness (QED) is 0.372. The van der Waals surface area contributed by atoms with Gasteiger partial charge in [0, 0.05) is 17.5 Å². The summed E-state index contributed by atoms with van der Waals surface area (Å²) < 4.78 is 10.5. The number of carbonyl (C=O) groups is 1. The number of hydrogen-bond acceptors (Lipinski definition) is 4. The second-order valence-corrected chi connectivity index (χ2v) is 6.32. The fraction of sp³-hybridized carbons (Fsp3) is 0.158. The standard InChI is InChI=1S/C19H14Cl2O4/c1-2-12-9-19(23)25-17-10-13(4-5-14(12)17)24-18(22)8-11-3-6-15(20)16(21)7-11/h3-7,9-10H,2,8H2,1H3. The lowest BCUT2D eigenvalue weighted by Crippen LogP contribution is -2.11. The van der Waals surface area contributed by atoms with Crippen molar-refractivity contribution >= 4 is 40.1 Å². The molecular weight excluding hydrogens is 363 g/mol. The number of halogens is 2. The minimum atomic E-state index is -0.452. The molecular formula is C19H14Cl2O4. The predicted molar refractivity (Wildman–Crippen MR) is 97.7 cm³/mol. The van der Waals surface area contributed by atoms with E-state index in [-0.39, 0.29) is 6.42 Å².